The zero-order chi connectivity index (χ0) is 16.6. The fourth-order valence-corrected chi connectivity index (χ4v) is 4.25. The molecule has 0 bridgehead atoms. The van der Waals surface area contributed by atoms with Crippen LogP contribution in [0.25, 0.3) is 0 Å². The Balaban J connectivity index is 1.74. The third-order valence-corrected chi connectivity index (χ3v) is 5.77. The number of carbonyl (C=O) groups excluding carboxylic acids is 1. The third kappa shape index (κ3) is 3.05. The maximum atomic E-state index is 12.7. The molecule has 1 fully saturated rings. The minimum Gasteiger partial charge on any atom is -0.322 e. The summed E-state index contributed by atoms with van der Waals surface area (Å²) in [5, 5.41) is 9.56. The average Bonchev–Trinajstić information content (AvgIpc) is 3.23. The van der Waals surface area contributed by atoms with Crippen molar-refractivity contribution in [1.82, 2.24) is 14.7 Å². The Bertz CT molecular complexity index is 692. The molecule has 1 aliphatic heterocycles. The van der Waals surface area contributed by atoms with Gasteiger partial charge in [-0.05, 0) is 51.6 Å². The third-order valence-electron chi connectivity index (χ3n) is 4.80. The highest BCUT2D eigenvalue weighted by atomic mass is 32.1. The number of anilines is 1. The number of aryl methyl sites for hydroxylation is 2. The monoisotopic (exact) mass is 332 g/mol. The molecule has 1 saturated heterocycles. The summed E-state index contributed by atoms with van der Waals surface area (Å²) in [6.07, 6.45) is 2.27. The number of rotatable bonds is 4. The van der Waals surface area contributed by atoms with Gasteiger partial charge in [0.25, 0.3) is 0 Å². The summed E-state index contributed by atoms with van der Waals surface area (Å²) in [5.74, 6) is 0.0488. The van der Waals surface area contributed by atoms with E-state index in [4.69, 9.17) is 0 Å². The normalized spacial score (nSPS) is 19.9. The van der Waals surface area contributed by atoms with E-state index in [1.54, 1.807) is 16.0 Å². The van der Waals surface area contributed by atoms with Crippen molar-refractivity contribution < 1.29 is 4.79 Å². The van der Waals surface area contributed by atoms with Gasteiger partial charge in [-0.1, -0.05) is 6.07 Å². The van der Waals surface area contributed by atoms with Gasteiger partial charge in [0.05, 0.1) is 23.1 Å². The molecule has 0 spiro atoms. The van der Waals surface area contributed by atoms with Crippen molar-refractivity contribution >= 4 is 22.9 Å². The molecule has 0 aliphatic carbocycles. The van der Waals surface area contributed by atoms with Crippen LogP contribution >= 0.6 is 11.3 Å². The zero-order valence-electron chi connectivity index (χ0n) is 14.2. The van der Waals surface area contributed by atoms with Crippen molar-refractivity contribution in [3.8, 4) is 0 Å². The van der Waals surface area contributed by atoms with Crippen molar-refractivity contribution in [1.29, 1.82) is 0 Å². The quantitative estimate of drug-likeness (QED) is 0.935. The number of aromatic nitrogens is 2. The van der Waals surface area contributed by atoms with E-state index in [1.165, 1.54) is 4.88 Å². The van der Waals surface area contributed by atoms with Gasteiger partial charge >= 0.3 is 0 Å². The maximum Gasteiger partial charge on any atom is 0.241 e. The molecule has 3 rings (SSSR count). The van der Waals surface area contributed by atoms with Crippen LogP contribution in [0.3, 0.4) is 0 Å². The highest BCUT2D eigenvalue weighted by Gasteiger charge is 2.33. The second-order valence-electron chi connectivity index (χ2n) is 6.25. The molecule has 0 aromatic carbocycles. The molecule has 0 saturated carbocycles. The van der Waals surface area contributed by atoms with Gasteiger partial charge in [-0.15, -0.1) is 11.3 Å². The number of likely N-dealkylation sites (tertiary alicyclic amines) is 1. The fourth-order valence-electron chi connectivity index (χ4n) is 3.37. The van der Waals surface area contributed by atoms with Crippen LogP contribution in [0.4, 0.5) is 5.69 Å². The van der Waals surface area contributed by atoms with Crippen molar-refractivity contribution in [3.63, 3.8) is 0 Å². The minimum absolute atomic E-state index is 0.0488. The van der Waals surface area contributed by atoms with Gasteiger partial charge < -0.3 is 5.32 Å². The maximum absolute atomic E-state index is 12.7. The Morgan fingerprint density at radius 1 is 1.48 bits per heavy atom. The van der Waals surface area contributed by atoms with Crippen LogP contribution in [0.2, 0.25) is 0 Å². The van der Waals surface area contributed by atoms with Gasteiger partial charge in [0.1, 0.15) is 0 Å². The number of hydrogen-bond donors (Lipinski definition) is 1. The van der Waals surface area contributed by atoms with Crippen LogP contribution in [-0.4, -0.2) is 33.2 Å². The second kappa shape index (κ2) is 6.45. The smallest absolute Gasteiger partial charge is 0.241 e. The molecule has 2 aromatic heterocycles. The summed E-state index contributed by atoms with van der Waals surface area (Å²) in [4.78, 5) is 16.4. The Hall–Kier alpha value is -1.66. The van der Waals surface area contributed by atoms with Gasteiger partial charge in [-0.2, -0.15) is 5.10 Å². The van der Waals surface area contributed by atoms with E-state index in [0.29, 0.717) is 6.04 Å². The summed E-state index contributed by atoms with van der Waals surface area (Å²) in [7, 11) is 1.90. The molecule has 6 heteroatoms. The lowest BCUT2D eigenvalue weighted by molar-refractivity contribution is -0.121. The molecular formula is C17H24N4OS. The van der Waals surface area contributed by atoms with Crippen molar-refractivity contribution in [2.45, 2.75) is 45.7 Å². The van der Waals surface area contributed by atoms with Crippen molar-refractivity contribution in [3.05, 3.63) is 33.8 Å². The summed E-state index contributed by atoms with van der Waals surface area (Å²) < 4.78 is 1.81. The van der Waals surface area contributed by atoms with E-state index >= 15 is 0 Å². The molecule has 2 aromatic rings. The van der Waals surface area contributed by atoms with Gasteiger partial charge in [0.2, 0.25) is 5.91 Å². The average molecular weight is 332 g/mol. The number of nitrogens with one attached hydrogen (secondary N) is 1. The molecule has 2 unspecified atom stereocenters. The van der Waals surface area contributed by atoms with Gasteiger partial charge in [-0.3, -0.25) is 14.4 Å². The minimum atomic E-state index is -0.149. The van der Waals surface area contributed by atoms with Crippen molar-refractivity contribution in [2.24, 2.45) is 7.05 Å². The first-order valence-electron chi connectivity index (χ1n) is 8.09. The first-order valence-corrected chi connectivity index (χ1v) is 8.97. The SMILES string of the molecule is Cc1nn(C)c(C)c1NC(=O)C(C)N1CCCC1c1cccs1. The Labute approximate surface area is 141 Å². The lowest BCUT2D eigenvalue weighted by atomic mass is 10.1. The molecule has 0 radical (unpaired) electrons. The van der Waals surface area contributed by atoms with Gasteiger partial charge in [-0.25, -0.2) is 0 Å². The Morgan fingerprint density at radius 3 is 2.87 bits per heavy atom. The van der Waals surface area contributed by atoms with E-state index in [1.807, 2.05) is 27.8 Å². The van der Waals surface area contributed by atoms with Gasteiger partial charge in [0, 0.05) is 18.0 Å². The van der Waals surface area contributed by atoms with E-state index in [2.05, 4.69) is 32.8 Å². The summed E-state index contributed by atoms with van der Waals surface area (Å²) in [6.45, 7) is 6.88. The van der Waals surface area contributed by atoms with Crippen LogP contribution in [0.5, 0.6) is 0 Å². The highest BCUT2D eigenvalue weighted by molar-refractivity contribution is 7.10. The first kappa shape index (κ1) is 16.2. The zero-order valence-corrected chi connectivity index (χ0v) is 15.0. The summed E-state index contributed by atoms with van der Waals surface area (Å²) in [6, 6.07) is 4.48. The number of amides is 1. The highest BCUT2D eigenvalue weighted by Crippen LogP contribution is 2.36. The molecule has 23 heavy (non-hydrogen) atoms. The topological polar surface area (TPSA) is 50.2 Å². The largest absolute Gasteiger partial charge is 0.322 e. The molecule has 2 atom stereocenters. The van der Waals surface area contributed by atoms with E-state index < -0.39 is 0 Å². The molecule has 1 N–H and O–H groups in total. The molecule has 1 aliphatic rings. The number of thiophene rings is 1. The Kier molecular flexibility index (Phi) is 4.55. The predicted octanol–water partition coefficient (Wildman–Crippen LogP) is 3.26. The van der Waals surface area contributed by atoms with Crippen LogP contribution in [0.15, 0.2) is 17.5 Å². The Morgan fingerprint density at radius 2 is 2.26 bits per heavy atom. The standard InChI is InChI=1S/C17H24N4OS/c1-11-16(12(2)20(4)19-11)18-17(22)13(3)21-9-5-7-14(21)15-8-6-10-23-15/h6,8,10,13-14H,5,7,9H2,1-4H3,(H,18,22). The van der Waals surface area contributed by atoms with E-state index in [0.717, 1.165) is 36.5 Å². The molecule has 124 valence electrons. The molecule has 5 nitrogen and oxygen atoms in total. The van der Waals surface area contributed by atoms with Crippen molar-refractivity contribution in [2.75, 3.05) is 11.9 Å². The predicted molar refractivity (Wildman–Crippen MR) is 93.8 cm³/mol. The number of hydrogen-bond acceptors (Lipinski definition) is 4. The van der Waals surface area contributed by atoms with Gasteiger partial charge in [0.15, 0.2) is 0 Å². The number of nitrogens with zero attached hydrogens (tertiary/aromatic N) is 3. The summed E-state index contributed by atoms with van der Waals surface area (Å²) in [5.41, 5.74) is 2.69. The van der Waals surface area contributed by atoms with Crippen LogP contribution < -0.4 is 5.32 Å². The van der Waals surface area contributed by atoms with Crippen LogP contribution in [0, 0.1) is 13.8 Å². The van der Waals surface area contributed by atoms with E-state index in [9.17, 15) is 4.79 Å². The fraction of sp³-hybridized carbons (Fsp3) is 0.529. The lowest BCUT2D eigenvalue weighted by Gasteiger charge is -2.29. The molecule has 1 amide bonds. The lowest BCUT2D eigenvalue weighted by Crippen LogP contribution is -2.41. The summed E-state index contributed by atoms with van der Waals surface area (Å²) >= 11 is 1.78. The number of carbonyl (C=O) groups is 1. The first-order chi connectivity index (χ1) is 11.0. The molecular weight excluding hydrogens is 308 g/mol. The van der Waals surface area contributed by atoms with Crippen LogP contribution in [0.1, 0.15) is 42.1 Å². The van der Waals surface area contributed by atoms with Crippen LogP contribution in [-0.2, 0) is 11.8 Å². The second-order valence-corrected chi connectivity index (χ2v) is 7.23. The molecule has 3 heterocycles. The van der Waals surface area contributed by atoms with E-state index in [-0.39, 0.29) is 11.9 Å².